The van der Waals surface area contributed by atoms with Gasteiger partial charge >= 0.3 is 0 Å². The first kappa shape index (κ1) is 17.0. The second kappa shape index (κ2) is 7.03. The standard InChI is InChI=1S/C17H16Cl2N4OS/c18-12-9-20-23(17(24)15(12)19)10-22-7-5-11(6-8-22)16-21-13-3-1-2-4-14(13)25-16/h1-4,9,11H,5-8,10H2/p+1. The van der Waals surface area contributed by atoms with Crippen LogP contribution >= 0.6 is 34.5 Å². The van der Waals surface area contributed by atoms with Crippen LogP contribution in [0.15, 0.2) is 35.3 Å². The lowest BCUT2D eigenvalue weighted by atomic mass is 9.98. The number of rotatable bonds is 3. The first-order valence-corrected chi connectivity index (χ1v) is 9.79. The van der Waals surface area contributed by atoms with E-state index in [1.54, 1.807) is 11.3 Å². The topological polar surface area (TPSA) is 52.2 Å². The highest BCUT2D eigenvalue weighted by Gasteiger charge is 2.26. The van der Waals surface area contributed by atoms with E-state index in [4.69, 9.17) is 28.2 Å². The summed E-state index contributed by atoms with van der Waals surface area (Å²) in [5, 5.41) is 5.57. The van der Waals surface area contributed by atoms with Crippen molar-refractivity contribution in [2.24, 2.45) is 0 Å². The van der Waals surface area contributed by atoms with E-state index in [0.29, 0.717) is 12.6 Å². The maximum atomic E-state index is 12.1. The smallest absolute Gasteiger partial charge is 0.291 e. The molecule has 4 rings (SSSR count). The molecule has 0 amide bonds. The molecule has 0 unspecified atom stereocenters. The summed E-state index contributed by atoms with van der Waals surface area (Å²) in [6.07, 6.45) is 3.55. The van der Waals surface area contributed by atoms with Crippen molar-refractivity contribution in [3.8, 4) is 0 Å². The predicted octanol–water partition coefficient (Wildman–Crippen LogP) is 2.58. The molecule has 130 valence electrons. The summed E-state index contributed by atoms with van der Waals surface area (Å²) in [5.74, 6) is 0.500. The van der Waals surface area contributed by atoms with Gasteiger partial charge in [-0.3, -0.25) is 4.79 Å². The van der Waals surface area contributed by atoms with Crippen molar-refractivity contribution in [3.63, 3.8) is 0 Å². The molecule has 0 aliphatic carbocycles. The number of nitrogens with one attached hydrogen (secondary N) is 1. The van der Waals surface area contributed by atoms with Gasteiger partial charge in [0.1, 0.15) is 5.02 Å². The monoisotopic (exact) mass is 395 g/mol. The van der Waals surface area contributed by atoms with E-state index in [0.717, 1.165) is 31.4 Å². The van der Waals surface area contributed by atoms with Gasteiger partial charge in [0.15, 0.2) is 6.67 Å². The van der Waals surface area contributed by atoms with Gasteiger partial charge in [0.05, 0.1) is 39.5 Å². The number of aromatic nitrogens is 3. The quantitative estimate of drug-likeness (QED) is 0.741. The molecule has 0 atom stereocenters. The molecule has 8 heteroatoms. The average molecular weight is 396 g/mol. The molecule has 0 radical (unpaired) electrons. The molecule has 0 spiro atoms. The van der Waals surface area contributed by atoms with Crippen LogP contribution in [-0.2, 0) is 6.67 Å². The Balaban J connectivity index is 1.43. The Morgan fingerprint density at radius 2 is 2.00 bits per heavy atom. The third-order valence-corrected chi connectivity index (χ3v) is 6.62. The number of hydrogen-bond acceptors (Lipinski definition) is 4. The lowest BCUT2D eigenvalue weighted by Crippen LogP contribution is -3.12. The minimum absolute atomic E-state index is 0.0421. The number of nitrogens with zero attached hydrogens (tertiary/aromatic N) is 3. The van der Waals surface area contributed by atoms with Gasteiger partial charge in [-0.1, -0.05) is 35.3 Å². The zero-order valence-corrected chi connectivity index (χ0v) is 15.7. The number of thiazole rings is 1. The fourth-order valence-electron chi connectivity index (χ4n) is 3.27. The Labute approximate surface area is 158 Å². The van der Waals surface area contributed by atoms with Crippen LogP contribution in [0.4, 0.5) is 0 Å². The predicted molar refractivity (Wildman–Crippen MR) is 101 cm³/mol. The van der Waals surface area contributed by atoms with Crippen molar-refractivity contribution in [3.05, 3.63) is 55.9 Å². The first-order chi connectivity index (χ1) is 12.1. The number of benzene rings is 1. The molecule has 0 bridgehead atoms. The number of halogens is 2. The summed E-state index contributed by atoms with van der Waals surface area (Å²) in [7, 11) is 0. The second-order valence-electron chi connectivity index (χ2n) is 6.31. The van der Waals surface area contributed by atoms with Gasteiger partial charge in [0.2, 0.25) is 0 Å². The van der Waals surface area contributed by atoms with Gasteiger partial charge in [0, 0.05) is 18.8 Å². The highest BCUT2D eigenvalue weighted by molar-refractivity contribution is 7.18. The molecule has 1 N–H and O–H groups in total. The van der Waals surface area contributed by atoms with Gasteiger partial charge in [-0.15, -0.1) is 11.3 Å². The van der Waals surface area contributed by atoms with Gasteiger partial charge in [0.25, 0.3) is 5.56 Å². The average Bonchev–Trinajstić information content (AvgIpc) is 3.07. The Hall–Kier alpha value is -1.47. The van der Waals surface area contributed by atoms with Crippen LogP contribution in [0.25, 0.3) is 10.2 Å². The maximum Gasteiger partial charge on any atom is 0.291 e. The summed E-state index contributed by atoms with van der Waals surface area (Å²) >= 11 is 13.5. The highest BCUT2D eigenvalue weighted by Crippen LogP contribution is 2.31. The summed E-state index contributed by atoms with van der Waals surface area (Å²) in [4.78, 5) is 18.2. The van der Waals surface area contributed by atoms with Gasteiger partial charge in [-0.05, 0) is 12.1 Å². The van der Waals surface area contributed by atoms with Crippen molar-refractivity contribution in [2.45, 2.75) is 25.4 Å². The van der Waals surface area contributed by atoms with Crippen molar-refractivity contribution >= 4 is 44.8 Å². The molecule has 3 aromatic rings. The summed E-state index contributed by atoms with van der Waals surface area (Å²) in [6.45, 7) is 2.48. The van der Waals surface area contributed by atoms with Crippen molar-refractivity contribution < 1.29 is 4.90 Å². The SMILES string of the molecule is O=c1c(Cl)c(Cl)cnn1C[NH+]1CCC(c2nc3ccccc3s2)CC1. The van der Waals surface area contributed by atoms with Crippen LogP contribution in [0.3, 0.4) is 0 Å². The third-order valence-electron chi connectivity index (χ3n) is 4.67. The van der Waals surface area contributed by atoms with E-state index in [2.05, 4.69) is 23.3 Å². The van der Waals surface area contributed by atoms with Crippen LogP contribution in [0.5, 0.6) is 0 Å². The lowest BCUT2D eigenvalue weighted by molar-refractivity contribution is -0.928. The van der Waals surface area contributed by atoms with Crippen LogP contribution in [0.2, 0.25) is 10.0 Å². The van der Waals surface area contributed by atoms with Crippen LogP contribution in [-0.4, -0.2) is 27.9 Å². The van der Waals surface area contributed by atoms with Gasteiger partial charge in [-0.25, -0.2) is 4.98 Å². The molecular formula is C17H17Cl2N4OS+. The summed E-state index contributed by atoms with van der Waals surface area (Å²) in [6, 6.07) is 8.27. The third kappa shape index (κ3) is 3.44. The first-order valence-electron chi connectivity index (χ1n) is 8.22. The highest BCUT2D eigenvalue weighted by atomic mass is 35.5. The molecule has 1 aliphatic heterocycles. The van der Waals surface area contributed by atoms with Crippen molar-refractivity contribution in [2.75, 3.05) is 13.1 Å². The molecule has 1 aliphatic rings. The van der Waals surface area contributed by atoms with E-state index >= 15 is 0 Å². The number of likely N-dealkylation sites (tertiary alicyclic amines) is 1. The number of quaternary nitrogens is 1. The fourth-order valence-corrected chi connectivity index (χ4v) is 4.67. The Morgan fingerprint density at radius 3 is 2.76 bits per heavy atom. The number of fused-ring (bicyclic) bond motifs is 1. The minimum atomic E-state index is -0.324. The minimum Gasteiger partial charge on any atom is -0.316 e. The largest absolute Gasteiger partial charge is 0.316 e. The van der Waals surface area contributed by atoms with Gasteiger partial charge < -0.3 is 4.90 Å². The molecule has 0 saturated carbocycles. The Bertz CT molecular complexity index is 930. The second-order valence-corrected chi connectivity index (χ2v) is 8.16. The number of para-hydroxylation sites is 1. The van der Waals surface area contributed by atoms with E-state index in [9.17, 15) is 4.79 Å². The number of piperidine rings is 1. The van der Waals surface area contributed by atoms with Gasteiger partial charge in [-0.2, -0.15) is 9.78 Å². The van der Waals surface area contributed by atoms with Crippen molar-refractivity contribution in [1.82, 2.24) is 14.8 Å². The summed E-state index contributed by atoms with van der Waals surface area (Å²) in [5.41, 5.74) is 0.763. The van der Waals surface area contributed by atoms with Crippen LogP contribution in [0.1, 0.15) is 23.8 Å². The van der Waals surface area contributed by atoms with Crippen LogP contribution < -0.4 is 10.5 Å². The lowest BCUT2D eigenvalue weighted by Gasteiger charge is -2.28. The molecule has 2 aromatic heterocycles. The zero-order valence-electron chi connectivity index (χ0n) is 13.4. The molecule has 1 aromatic carbocycles. The molecule has 25 heavy (non-hydrogen) atoms. The molecule has 1 fully saturated rings. The van der Waals surface area contributed by atoms with E-state index < -0.39 is 0 Å². The van der Waals surface area contributed by atoms with E-state index in [1.165, 1.54) is 25.5 Å². The maximum absolute atomic E-state index is 12.1. The number of hydrogen-bond donors (Lipinski definition) is 1. The van der Waals surface area contributed by atoms with Crippen LogP contribution in [0, 0.1) is 0 Å². The molecule has 1 saturated heterocycles. The zero-order chi connectivity index (χ0) is 17.4. The van der Waals surface area contributed by atoms with E-state index in [-0.39, 0.29) is 15.6 Å². The fraction of sp³-hybridized carbons (Fsp3) is 0.353. The normalized spacial score (nSPS) is 20.9. The molecule has 5 nitrogen and oxygen atoms in total. The molecular weight excluding hydrogens is 379 g/mol. The Morgan fingerprint density at radius 1 is 1.24 bits per heavy atom. The van der Waals surface area contributed by atoms with Crippen molar-refractivity contribution in [1.29, 1.82) is 0 Å². The summed E-state index contributed by atoms with van der Waals surface area (Å²) < 4.78 is 2.65. The Kier molecular flexibility index (Phi) is 4.78. The molecule has 3 heterocycles. The van der Waals surface area contributed by atoms with E-state index in [1.807, 2.05) is 6.07 Å².